The molecule has 0 aliphatic heterocycles. The summed E-state index contributed by atoms with van der Waals surface area (Å²) in [6, 6.07) is 7.15. The van der Waals surface area contributed by atoms with Crippen molar-refractivity contribution in [3.8, 4) is 6.07 Å². The third-order valence-electron chi connectivity index (χ3n) is 2.84. The van der Waals surface area contributed by atoms with Gasteiger partial charge in [0.05, 0.1) is 33.0 Å². The molecule has 0 atom stereocenters. The van der Waals surface area contributed by atoms with Gasteiger partial charge in [-0.25, -0.2) is 4.98 Å². The van der Waals surface area contributed by atoms with Crippen LogP contribution in [-0.4, -0.2) is 13.7 Å². The molecule has 8 heteroatoms. The van der Waals surface area contributed by atoms with Crippen molar-refractivity contribution < 1.29 is 0 Å². The molecule has 21 heavy (non-hydrogen) atoms. The zero-order chi connectivity index (χ0) is 15.0. The van der Waals surface area contributed by atoms with Crippen LogP contribution in [0.25, 0.3) is 11.0 Å². The smallest absolute Gasteiger partial charge is 0.148 e. The molecule has 2 heterocycles. The number of rotatable bonds is 2. The fourth-order valence-electron chi connectivity index (χ4n) is 1.85. The standard InChI is InChI=1S/C13H7Cl2N5S/c1-6-2-3-7(5-16)13(17-6)18-10-8(14)4-9(15)11-12(10)20-21-19-11/h2-4H,1H3,(H,17,18). The molecule has 104 valence electrons. The number of aromatic nitrogens is 3. The number of halogens is 2. The summed E-state index contributed by atoms with van der Waals surface area (Å²) in [4.78, 5) is 4.32. The van der Waals surface area contributed by atoms with Gasteiger partial charge in [0.15, 0.2) is 0 Å². The second kappa shape index (κ2) is 5.45. The molecule has 0 fully saturated rings. The van der Waals surface area contributed by atoms with Gasteiger partial charge in [0.25, 0.3) is 0 Å². The van der Waals surface area contributed by atoms with Gasteiger partial charge in [-0.1, -0.05) is 23.2 Å². The van der Waals surface area contributed by atoms with Crippen LogP contribution in [0, 0.1) is 18.3 Å². The third kappa shape index (κ3) is 2.51. The van der Waals surface area contributed by atoms with E-state index < -0.39 is 0 Å². The highest BCUT2D eigenvalue weighted by atomic mass is 35.5. The van der Waals surface area contributed by atoms with Crippen molar-refractivity contribution in [1.82, 2.24) is 13.7 Å². The lowest BCUT2D eigenvalue weighted by atomic mass is 10.2. The van der Waals surface area contributed by atoms with Gasteiger partial charge in [0.1, 0.15) is 22.9 Å². The molecular formula is C13H7Cl2N5S. The molecule has 3 aromatic rings. The number of nitriles is 1. The van der Waals surface area contributed by atoms with Gasteiger partial charge >= 0.3 is 0 Å². The number of aryl methyl sites for hydroxylation is 1. The minimum absolute atomic E-state index is 0.396. The van der Waals surface area contributed by atoms with Crippen molar-refractivity contribution >= 4 is 57.5 Å². The topological polar surface area (TPSA) is 74.5 Å². The first-order chi connectivity index (χ1) is 10.1. The Morgan fingerprint density at radius 2 is 1.95 bits per heavy atom. The third-order valence-corrected chi connectivity index (χ3v) is 3.96. The van der Waals surface area contributed by atoms with Crippen molar-refractivity contribution in [3.63, 3.8) is 0 Å². The van der Waals surface area contributed by atoms with E-state index in [0.717, 1.165) is 17.4 Å². The largest absolute Gasteiger partial charge is 0.336 e. The van der Waals surface area contributed by atoms with E-state index in [1.54, 1.807) is 18.2 Å². The van der Waals surface area contributed by atoms with Gasteiger partial charge in [-0.2, -0.15) is 14.0 Å². The van der Waals surface area contributed by atoms with E-state index in [1.807, 2.05) is 6.92 Å². The lowest BCUT2D eigenvalue weighted by Crippen LogP contribution is -2.00. The van der Waals surface area contributed by atoms with E-state index in [9.17, 15) is 0 Å². The van der Waals surface area contributed by atoms with E-state index in [-0.39, 0.29) is 0 Å². The highest BCUT2D eigenvalue weighted by Gasteiger charge is 2.16. The lowest BCUT2D eigenvalue weighted by Gasteiger charge is -2.10. The van der Waals surface area contributed by atoms with Crippen LogP contribution in [0.3, 0.4) is 0 Å². The van der Waals surface area contributed by atoms with Gasteiger partial charge < -0.3 is 5.32 Å². The number of nitrogens with zero attached hydrogens (tertiary/aromatic N) is 4. The van der Waals surface area contributed by atoms with Crippen molar-refractivity contribution in [3.05, 3.63) is 39.5 Å². The molecule has 0 aliphatic carbocycles. The first kappa shape index (κ1) is 14.0. The highest BCUT2D eigenvalue weighted by Crippen LogP contribution is 2.37. The second-order valence-corrected chi connectivity index (χ2v) is 5.61. The number of hydrogen-bond acceptors (Lipinski definition) is 6. The first-order valence-corrected chi connectivity index (χ1v) is 7.34. The minimum Gasteiger partial charge on any atom is -0.336 e. The second-order valence-electron chi connectivity index (χ2n) is 4.26. The van der Waals surface area contributed by atoms with E-state index >= 15 is 0 Å². The van der Waals surface area contributed by atoms with Gasteiger partial charge in [-0.05, 0) is 25.1 Å². The van der Waals surface area contributed by atoms with Crippen molar-refractivity contribution in [2.75, 3.05) is 5.32 Å². The maximum absolute atomic E-state index is 9.16. The molecule has 5 nitrogen and oxygen atoms in total. The van der Waals surface area contributed by atoms with Crippen LogP contribution in [0.5, 0.6) is 0 Å². The van der Waals surface area contributed by atoms with E-state index in [4.69, 9.17) is 28.5 Å². The maximum Gasteiger partial charge on any atom is 0.148 e. The Morgan fingerprint density at radius 3 is 2.71 bits per heavy atom. The Bertz CT molecular complexity index is 884. The number of anilines is 2. The molecule has 2 aromatic heterocycles. The SMILES string of the molecule is Cc1ccc(C#N)c(Nc2c(Cl)cc(Cl)c3nsnc23)n1. The Balaban J connectivity index is 2.17. The van der Waals surface area contributed by atoms with Gasteiger partial charge in [-0.15, -0.1) is 0 Å². The van der Waals surface area contributed by atoms with Crippen molar-refractivity contribution in [1.29, 1.82) is 5.26 Å². The average molecular weight is 336 g/mol. The Hall–Kier alpha value is -1.94. The summed E-state index contributed by atoms with van der Waals surface area (Å²) in [6.07, 6.45) is 0. The average Bonchev–Trinajstić information content (AvgIpc) is 2.93. The summed E-state index contributed by atoms with van der Waals surface area (Å²) < 4.78 is 8.34. The van der Waals surface area contributed by atoms with Gasteiger partial charge in [0.2, 0.25) is 0 Å². The molecule has 0 saturated carbocycles. The summed E-state index contributed by atoms with van der Waals surface area (Å²) in [5.41, 5.74) is 2.88. The normalized spacial score (nSPS) is 10.6. The predicted octanol–water partition coefficient (Wildman–Crippen LogP) is 4.32. The quantitative estimate of drug-likeness (QED) is 0.754. The van der Waals surface area contributed by atoms with Crippen LogP contribution in [0.15, 0.2) is 18.2 Å². The summed E-state index contributed by atoms with van der Waals surface area (Å²) >= 11 is 13.4. The molecule has 0 aliphatic rings. The zero-order valence-electron chi connectivity index (χ0n) is 10.7. The summed E-state index contributed by atoms with van der Waals surface area (Å²) in [7, 11) is 0. The number of pyridine rings is 1. The number of benzene rings is 1. The van der Waals surface area contributed by atoms with Crippen molar-refractivity contribution in [2.24, 2.45) is 0 Å². The Morgan fingerprint density at radius 1 is 1.19 bits per heavy atom. The first-order valence-electron chi connectivity index (χ1n) is 5.85. The summed E-state index contributed by atoms with van der Waals surface area (Å²) in [5.74, 6) is 0.427. The molecule has 0 saturated heterocycles. The van der Waals surface area contributed by atoms with E-state index in [2.05, 4.69) is 25.1 Å². The fourth-order valence-corrected chi connectivity index (χ4v) is 3.01. The predicted molar refractivity (Wildman–Crippen MR) is 84.4 cm³/mol. The number of fused-ring (bicyclic) bond motifs is 1. The molecule has 0 spiro atoms. The van der Waals surface area contributed by atoms with Crippen LogP contribution < -0.4 is 5.32 Å². The molecule has 1 N–H and O–H groups in total. The fraction of sp³-hybridized carbons (Fsp3) is 0.0769. The monoisotopic (exact) mass is 335 g/mol. The Labute approximate surface area is 134 Å². The summed E-state index contributed by atoms with van der Waals surface area (Å²) in [5, 5.41) is 13.1. The zero-order valence-corrected chi connectivity index (χ0v) is 13.0. The molecule has 0 amide bonds. The lowest BCUT2D eigenvalue weighted by molar-refractivity contribution is 1.19. The molecule has 0 unspecified atom stereocenters. The van der Waals surface area contributed by atoms with Crippen molar-refractivity contribution in [2.45, 2.75) is 6.92 Å². The van der Waals surface area contributed by atoms with E-state index in [0.29, 0.717) is 38.1 Å². The molecule has 0 bridgehead atoms. The highest BCUT2D eigenvalue weighted by molar-refractivity contribution is 7.00. The summed E-state index contributed by atoms with van der Waals surface area (Å²) in [6.45, 7) is 1.84. The number of hydrogen-bond donors (Lipinski definition) is 1. The molecule has 0 radical (unpaired) electrons. The van der Waals surface area contributed by atoms with Gasteiger partial charge in [-0.3, -0.25) is 0 Å². The Kier molecular flexibility index (Phi) is 3.64. The van der Waals surface area contributed by atoms with Crippen LogP contribution in [-0.2, 0) is 0 Å². The van der Waals surface area contributed by atoms with Crippen LogP contribution in [0.1, 0.15) is 11.3 Å². The maximum atomic E-state index is 9.16. The molecule has 3 rings (SSSR count). The van der Waals surface area contributed by atoms with Crippen LogP contribution in [0.4, 0.5) is 11.5 Å². The van der Waals surface area contributed by atoms with Crippen LogP contribution >= 0.6 is 34.9 Å². The van der Waals surface area contributed by atoms with Crippen LogP contribution in [0.2, 0.25) is 10.0 Å². The molecule has 1 aromatic carbocycles. The molecular weight excluding hydrogens is 329 g/mol. The number of nitrogens with one attached hydrogen (secondary N) is 1. The minimum atomic E-state index is 0.396. The van der Waals surface area contributed by atoms with E-state index in [1.165, 1.54) is 0 Å². The van der Waals surface area contributed by atoms with Gasteiger partial charge in [0, 0.05) is 5.69 Å².